The van der Waals surface area contributed by atoms with Crippen molar-refractivity contribution < 1.29 is 14.3 Å². The summed E-state index contributed by atoms with van der Waals surface area (Å²) in [6, 6.07) is 0. The van der Waals surface area contributed by atoms with Gasteiger partial charge in [-0.3, -0.25) is 0 Å². The minimum atomic E-state index is -1.65. The number of rotatable bonds is 3. The fraction of sp³-hybridized carbons (Fsp3) is 0.857. The van der Waals surface area contributed by atoms with Crippen LogP contribution < -0.4 is 0 Å². The smallest absolute Gasteiger partial charge is 0.338 e. The van der Waals surface area contributed by atoms with Crippen LogP contribution in [0.15, 0.2) is 0 Å². The van der Waals surface area contributed by atoms with E-state index in [-0.39, 0.29) is 12.3 Å². The molecule has 1 rings (SSSR count). The Balaban J connectivity index is 2.23. The summed E-state index contributed by atoms with van der Waals surface area (Å²) in [4.78, 5) is 10.1. The van der Waals surface area contributed by atoms with Gasteiger partial charge in [0.05, 0.1) is 0 Å². The van der Waals surface area contributed by atoms with Crippen LogP contribution in [0.2, 0.25) is 0 Å². The van der Waals surface area contributed by atoms with Gasteiger partial charge < -0.3 is 5.11 Å². The number of carboxylic acids is 1. The predicted octanol–water partition coefficient (Wildman–Crippen LogP) is 1.55. The van der Waals surface area contributed by atoms with Crippen LogP contribution in [0.3, 0.4) is 0 Å². The number of hydrogen-bond acceptors (Lipinski definition) is 2. The molecule has 1 fully saturated rings. The molecule has 64 valence electrons. The summed E-state index contributed by atoms with van der Waals surface area (Å²) in [5, 5.41) is 8.26. The van der Waals surface area contributed by atoms with Crippen LogP contribution in [-0.2, 0) is 4.79 Å². The van der Waals surface area contributed by atoms with E-state index in [4.69, 9.17) is 5.11 Å². The van der Waals surface area contributed by atoms with Gasteiger partial charge in [0.2, 0.25) is 0 Å². The number of carboxylic acid groups (broad SMARTS) is 1. The van der Waals surface area contributed by atoms with Gasteiger partial charge >= 0.3 is 5.97 Å². The van der Waals surface area contributed by atoms with Crippen LogP contribution in [0.5, 0.6) is 0 Å². The summed E-state index contributed by atoms with van der Waals surface area (Å²) in [6.07, 6.45) is -0.487. The summed E-state index contributed by atoms with van der Waals surface area (Å²) in [5.74, 6) is 0.943. The van der Waals surface area contributed by atoms with E-state index in [0.29, 0.717) is 0 Å². The fourth-order valence-corrected chi connectivity index (χ4v) is 2.47. The highest BCUT2D eigenvalue weighted by atomic mass is 32.2. The highest BCUT2D eigenvalue weighted by molar-refractivity contribution is 7.99. The van der Waals surface area contributed by atoms with E-state index in [1.165, 1.54) is 0 Å². The average molecular weight is 178 g/mol. The van der Waals surface area contributed by atoms with E-state index >= 15 is 0 Å². The zero-order chi connectivity index (χ0) is 8.27. The van der Waals surface area contributed by atoms with Crippen molar-refractivity contribution in [2.45, 2.75) is 19.0 Å². The van der Waals surface area contributed by atoms with Gasteiger partial charge in [0.1, 0.15) is 0 Å². The van der Waals surface area contributed by atoms with Crippen LogP contribution in [0.1, 0.15) is 12.8 Å². The van der Waals surface area contributed by atoms with Gasteiger partial charge in [-0.25, -0.2) is 9.18 Å². The van der Waals surface area contributed by atoms with Crippen molar-refractivity contribution in [3.05, 3.63) is 0 Å². The SMILES string of the molecule is O=C(O)C(F)CC1CCSC1. The van der Waals surface area contributed by atoms with Gasteiger partial charge in [-0.2, -0.15) is 11.8 Å². The van der Waals surface area contributed by atoms with E-state index in [1.54, 1.807) is 11.8 Å². The quantitative estimate of drug-likeness (QED) is 0.712. The molecule has 0 aromatic carbocycles. The van der Waals surface area contributed by atoms with Crippen molar-refractivity contribution in [2.24, 2.45) is 5.92 Å². The molecule has 2 unspecified atom stereocenters. The van der Waals surface area contributed by atoms with Gasteiger partial charge in [-0.15, -0.1) is 0 Å². The molecule has 1 aliphatic heterocycles. The Hall–Kier alpha value is -0.250. The molecular formula is C7H11FO2S. The second-order valence-corrected chi connectivity index (χ2v) is 3.92. The van der Waals surface area contributed by atoms with Crippen molar-refractivity contribution in [1.29, 1.82) is 0 Å². The summed E-state index contributed by atoms with van der Waals surface area (Å²) >= 11 is 1.78. The van der Waals surface area contributed by atoms with E-state index in [9.17, 15) is 9.18 Å². The minimum absolute atomic E-state index is 0.197. The third-order valence-corrected chi connectivity index (χ3v) is 3.06. The van der Waals surface area contributed by atoms with Gasteiger partial charge in [0.15, 0.2) is 6.17 Å². The molecule has 1 heterocycles. The summed E-state index contributed by atoms with van der Waals surface area (Å²) in [7, 11) is 0. The Bertz CT molecular complexity index is 145. The van der Waals surface area contributed by atoms with Gasteiger partial charge in [0.25, 0.3) is 0 Å². The lowest BCUT2D eigenvalue weighted by Crippen LogP contribution is -2.18. The van der Waals surface area contributed by atoms with Gasteiger partial charge in [-0.05, 0) is 30.3 Å². The van der Waals surface area contributed by atoms with Crippen molar-refractivity contribution in [1.82, 2.24) is 0 Å². The first-order chi connectivity index (χ1) is 5.20. The standard InChI is InChI=1S/C7H11FO2S/c8-6(7(9)10)3-5-1-2-11-4-5/h5-6H,1-4H2,(H,9,10). The lowest BCUT2D eigenvalue weighted by molar-refractivity contribution is -0.143. The highest BCUT2D eigenvalue weighted by Gasteiger charge is 2.24. The minimum Gasteiger partial charge on any atom is -0.479 e. The summed E-state index contributed by atoms with van der Waals surface area (Å²) in [5.41, 5.74) is 0. The molecule has 2 nitrogen and oxygen atoms in total. The molecule has 0 aliphatic carbocycles. The van der Waals surface area contributed by atoms with Gasteiger partial charge in [0, 0.05) is 0 Å². The number of hydrogen-bond donors (Lipinski definition) is 1. The Kier molecular flexibility index (Phi) is 3.17. The fourth-order valence-electron chi connectivity index (χ4n) is 1.16. The summed E-state index contributed by atoms with van der Waals surface area (Å²) in [6.45, 7) is 0. The second-order valence-electron chi connectivity index (χ2n) is 2.77. The van der Waals surface area contributed by atoms with Crippen LogP contribution in [-0.4, -0.2) is 28.8 Å². The Labute approximate surface area is 69.2 Å². The van der Waals surface area contributed by atoms with Gasteiger partial charge in [-0.1, -0.05) is 0 Å². The number of halogens is 1. The topological polar surface area (TPSA) is 37.3 Å². The molecule has 1 saturated heterocycles. The largest absolute Gasteiger partial charge is 0.479 e. The Morgan fingerprint density at radius 3 is 3.00 bits per heavy atom. The normalized spacial score (nSPS) is 26.8. The van der Waals surface area contributed by atoms with E-state index in [2.05, 4.69) is 0 Å². The van der Waals surface area contributed by atoms with Crippen LogP contribution in [0.25, 0.3) is 0 Å². The third-order valence-electron chi connectivity index (χ3n) is 1.83. The van der Waals surface area contributed by atoms with Crippen molar-refractivity contribution in [2.75, 3.05) is 11.5 Å². The summed E-state index contributed by atoms with van der Waals surface area (Å²) < 4.78 is 12.6. The molecule has 2 atom stereocenters. The lowest BCUT2D eigenvalue weighted by Gasteiger charge is -2.07. The van der Waals surface area contributed by atoms with Crippen LogP contribution in [0, 0.1) is 5.92 Å². The number of thioether (sulfide) groups is 1. The Morgan fingerprint density at radius 2 is 2.55 bits per heavy atom. The first-order valence-corrected chi connectivity index (χ1v) is 4.80. The maximum absolute atomic E-state index is 12.6. The maximum Gasteiger partial charge on any atom is 0.338 e. The highest BCUT2D eigenvalue weighted by Crippen LogP contribution is 2.27. The molecule has 0 aromatic heterocycles. The number of carbonyl (C=O) groups is 1. The molecule has 0 amide bonds. The zero-order valence-corrected chi connectivity index (χ0v) is 6.94. The molecule has 1 N–H and O–H groups in total. The first kappa shape index (κ1) is 8.84. The molecular weight excluding hydrogens is 167 g/mol. The molecule has 0 saturated carbocycles. The van der Waals surface area contributed by atoms with Crippen molar-refractivity contribution >= 4 is 17.7 Å². The van der Waals surface area contributed by atoms with Crippen LogP contribution in [0.4, 0.5) is 4.39 Å². The van der Waals surface area contributed by atoms with E-state index in [1.807, 2.05) is 0 Å². The predicted molar refractivity (Wildman–Crippen MR) is 42.6 cm³/mol. The Morgan fingerprint density at radius 1 is 1.82 bits per heavy atom. The van der Waals surface area contributed by atoms with E-state index < -0.39 is 12.1 Å². The van der Waals surface area contributed by atoms with Crippen molar-refractivity contribution in [3.8, 4) is 0 Å². The molecule has 0 aromatic rings. The molecule has 11 heavy (non-hydrogen) atoms. The first-order valence-electron chi connectivity index (χ1n) is 3.64. The lowest BCUT2D eigenvalue weighted by atomic mass is 10.0. The molecule has 0 radical (unpaired) electrons. The monoisotopic (exact) mass is 178 g/mol. The molecule has 4 heteroatoms. The molecule has 0 spiro atoms. The van der Waals surface area contributed by atoms with Crippen LogP contribution >= 0.6 is 11.8 Å². The zero-order valence-electron chi connectivity index (χ0n) is 6.12. The molecule has 0 bridgehead atoms. The van der Waals surface area contributed by atoms with Crippen molar-refractivity contribution in [3.63, 3.8) is 0 Å². The maximum atomic E-state index is 12.6. The average Bonchev–Trinajstić information content (AvgIpc) is 2.39. The second kappa shape index (κ2) is 3.95. The molecule has 1 aliphatic rings. The third kappa shape index (κ3) is 2.69. The number of alkyl halides is 1. The number of aliphatic carboxylic acids is 1. The van der Waals surface area contributed by atoms with E-state index in [0.717, 1.165) is 17.9 Å².